The molecule has 0 radical (unpaired) electrons. The van der Waals surface area contributed by atoms with Crippen LogP contribution in [0.25, 0.3) is 0 Å². The Morgan fingerprint density at radius 2 is 2.24 bits per heavy atom. The standard InChI is InChI=1S/C16H24N4S/c1-4-17-16(19-11-14-7-8-20(3)12-14)18-10-13(2)15-6-5-9-21-15/h5-9,12-13H,4,10-11H2,1-3H3,(H2,17,18,19). The summed E-state index contributed by atoms with van der Waals surface area (Å²) in [5.41, 5.74) is 1.22. The number of hydrogen-bond acceptors (Lipinski definition) is 2. The fourth-order valence-electron chi connectivity index (χ4n) is 2.09. The Kier molecular flexibility index (Phi) is 5.87. The summed E-state index contributed by atoms with van der Waals surface area (Å²) in [6.07, 6.45) is 4.14. The van der Waals surface area contributed by atoms with Gasteiger partial charge in [-0.05, 0) is 30.0 Å². The van der Waals surface area contributed by atoms with Crippen LogP contribution in [0.15, 0.2) is 41.0 Å². The third kappa shape index (κ3) is 4.93. The van der Waals surface area contributed by atoms with Gasteiger partial charge in [-0.2, -0.15) is 0 Å². The fourth-order valence-corrected chi connectivity index (χ4v) is 2.88. The van der Waals surface area contributed by atoms with Crippen LogP contribution in [-0.2, 0) is 13.6 Å². The lowest BCUT2D eigenvalue weighted by Crippen LogP contribution is -2.39. The van der Waals surface area contributed by atoms with E-state index in [0.29, 0.717) is 12.5 Å². The van der Waals surface area contributed by atoms with Crippen LogP contribution in [0.1, 0.15) is 30.2 Å². The second-order valence-electron chi connectivity index (χ2n) is 5.18. The molecule has 0 fully saturated rings. The first-order chi connectivity index (χ1) is 10.2. The van der Waals surface area contributed by atoms with Gasteiger partial charge < -0.3 is 15.2 Å². The van der Waals surface area contributed by atoms with E-state index in [2.05, 4.69) is 59.2 Å². The minimum atomic E-state index is 0.491. The van der Waals surface area contributed by atoms with Gasteiger partial charge >= 0.3 is 0 Å². The van der Waals surface area contributed by atoms with Crippen molar-refractivity contribution in [2.24, 2.45) is 12.0 Å². The van der Waals surface area contributed by atoms with E-state index in [4.69, 9.17) is 0 Å². The molecule has 0 bridgehead atoms. The Labute approximate surface area is 130 Å². The average Bonchev–Trinajstić information content (AvgIpc) is 3.13. The molecule has 0 aromatic carbocycles. The minimum absolute atomic E-state index is 0.491. The van der Waals surface area contributed by atoms with Gasteiger partial charge in [-0.15, -0.1) is 11.3 Å². The molecule has 21 heavy (non-hydrogen) atoms. The summed E-state index contributed by atoms with van der Waals surface area (Å²) in [5.74, 6) is 1.37. The van der Waals surface area contributed by atoms with Crippen molar-refractivity contribution in [2.45, 2.75) is 26.3 Å². The number of aryl methyl sites for hydroxylation is 1. The van der Waals surface area contributed by atoms with Gasteiger partial charge in [0.25, 0.3) is 0 Å². The molecular formula is C16H24N4S. The van der Waals surface area contributed by atoms with Crippen LogP contribution in [-0.4, -0.2) is 23.6 Å². The van der Waals surface area contributed by atoms with Crippen LogP contribution in [0, 0.1) is 0 Å². The maximum absolute atomic E-state index is 4.63. The van der Waals surface area contributed by atoms with Gasteiger partial charge in [0.1, 0.15) is 0 Å². The van der Waals surface area contributed by atoms with Crippen molar-refractivity contribution in [3.8, 4) is 0 Å². The number of aromatic nitrogens is 1. The molecule has 2 aromatic heterocycles. The summed E-state index contributed by atoms with van der Waals surface area (Å²) in [4.78, 5) is 6.04. The first kappa shape index (κ1) is 15.6. The van der Waals surface area contributed by atoms with Crippen LogP contribution in [0.3, 0.4) is 0 Å². The Morgan fingerprint density at radius 1 is 1.38 bits per heavy atom. The average molecular weight is 304 g/mol. The van der Waals surface area contributed by atoms with E-state index in [1.54, 1.807) is 11.3 Å². The number of thiophene rings is 1. The van der Waals surface area contributed by atoms with Gasteiger partial charge in [0, 0.05) is 43.3 Å². The van der Waals surface area contributed by atoms with E-state index in [1.165, 1.54) is 10.4 Å². The van der Waals surface area contributed by atoms with Gasteiger partial charge in [0.05, 0.1) is 6.54 Å². The SMILES string of the molecule is CCNC(=NCc1ccn(C)c1)NCC(C)c1cccs1. The molecule has 0 saturated carbocycles. The summed E-state index contributed by atoms with van der Waals surface area (Å²) >= 11 is 1.81. The van der Waals surface area contributed by atoms with Gasteiger partial charge in [-0.25, -0.2) is 4.99 Å². The largest absolute Gasteiger partial charge is 0.357 e. The molecule has 2 N–H and O–H groups in total. The second-order valence-corrected chi connectivity index (χ2v) is 6.16. The third-order valence-corrected chi connectivity index (χ3v) is 4.37. The van der Waals surface area contributed by atoms with Crippen LogP contribution in [0.2, 0.25) is 0 Å². The lowest BCUT2D eigenvalue weighted by Gasteiger charge is -2.14. The monoisotopic (exact) mass is 304 g/mol. The number of nitrogens with one attached hydrogen (secondary N) is 2. The predicted molar refractivity (Wildman–Crippen MR) is 91.0 cm³/mol. The number of aliphatic imine (C=N–C) groups is 1. The van der Waals surface area contributed by atoms with E-state index >= 15 is 0 Å². The predicted octanol–water partition coefficient (Wildman–Crippen LogP) is 2.95. The molecule has 4 nitrogen and oxygen atoms in total. The summed E-state index contributed by atoms with van der Waals surface area (Å²) < 4.78 is 2.05. The molecule has 114 valence electrons. The van der Waals surface area contributed by atoms with Crippen molar-refractivity contribution >= 4 is 17.3 Å². The van der Waals surface area contributed by atoms with Gasteiger partial charge in [0.2, 0.25) is 0 Å². The highest BCUT2D eigenvalue weighted by Crippen LogP contribution is 2.19. The van der Waals surface area contributed by atoms with Gasteiger partial charge in [-0.1, -0.05) is 13.0 Å². The molecule has 0 spiro atoms. The van der Waals surface area contributed by atoms with Gasteiger partial charge in [-0.3, -0.25) is 0 Å². The molecule has 0 saturated heterocycles. The first-order valence-corrected chi connectivity index (χ1v) is 8.23. The number of nitrogens with zero attached hydrogens (tertiary/aromatic N) is 2. The molecule has 1 unspecified atom stereocenters. The number of hydrogen-bond donors (Lipinski definition) is 2. The zero-order chi connectivity index (χ0) is 15.1. The quantitative estimate of drug-likeness (QED) is 0.636. The maximum atomic E-state index is 4.63. The highest BCUT2D eigenvalue weighted by Gasteiger charge is 2.07. The molecule has 0 aliphatic heterocycles. The van der Waals surface area contributed by atoms with Crippen molar-refractivity contribution in [1.29, 1.82) is 0 Å². The second kappa shape index (κ2) is 7.88. The normalized spacial score (nSPS) is 13.2. The van der Waals surface area contributed by atoms with Crippen LogP contribution < -0.4 is 10.6 Å². The molecular weight excluding hydrogens is 280 g/mol. The molecule has 2 heterocycles. The number of guanidine groups is 1. The summed E-state index contributed by atoms with van der Waals surface area (Å²) in [5, 5.41) is 8.85. The lowest BCUT2D eigenvalue weighted by atomic mass is 10.1. The zero-order valence-corrected chi connectivity index (χ0v) is 13.8. The molecule has 5 heteroatoms. The van der Waals surface area contributed by atoms with E-state index in [-0.39, 0.29) is 0 Å². The van der Waals surface area contributed by atoms with Crippen molar-refractivity contribution in [2.75, 3.05) is 13.1 Å². The first-order valence-electron chi connectivity index (χ1n) is 7.35. The van der Waals surface area contributed by atoms with Crippen molar-refractivity contribution < 1.29 is 0 Å². The van der Waals surface area contributed by atoms with E-state index in [9.17, 15) is 0 Å². The van der Waals surface area contributed by atoms with E-state index in [1.807, 2.05) is 17.8 Å². The number of rotatable bonds is 6. The summed E-state index contributed by atoms with van der Waals surface area (Å²) in [6, 6.07) is 6.39. The minimum Gasteiger partial charge on any atom is -0.357 e. The Bertz CT molecular complexity index is 557. The van der Waals surface area contributed by atoms with Crippen molar-refractivity contribution in [1.82, 2.24) is 15.2 Å². The summed E-state index contributed by atoms with van der Waals surface area (Å²) in [7, 11) is 2.03. The molecule has 0 aliphatic carbocycles. The highest BCUT2D eigenvalue weighted by molar-refractivity contribution is 7.10. The maximum Gasteiger partial charge on any atom is 0.191 e. The molecule has 2 rings (SSSR count). The van der Waals surface area contributed by atoms with Crippen molar-refractivity contribution in [3.05, 3.63) is 46.4 Å². The van der Waals surface area contributed by atoms with Crippen molar-refractivity contribution in [3.63, 3.8) is 0 Å². The molecule has 1 atom stereocenters. The zero-order valence-electron chi connectivity index (χ0n) is 13.0. The highest BCUT2D eigenvalue weighted by atomic mass is 32.1. The Hall–Kier alpha value is -1.75. The topological polar surface area (TPSA) is 41.4 Å². The Morgan fingerprint density at radius 3 is 2.86 bits per heavy atom. The third-order valence-electron chi connectivity index (χ3n) is 3.26. The molecule has 2 aromatic rings. The molecule has 0 aliphatic rings. The lowest BCUT2D eigenvalue weighted by molar-refractivity contribution is 0.709. The Balaban J connectivity index is 1.89. The summed E-state index contributed by atoms with van der Waals surface area (Å²) in [6.45, 7) is 6.78. The van der Waals surface area contributed by atoms with Crippen LogP contribution in [0.4, 0.5) is 0 Å². The fraction of sp³-hybridized carbons (Fsp3) is 0.438. The van der Waals surface area contributed by atoms with E-state index in [0.717, 1.165) is 19.0 Å². The van der Waals surface area contributed by atoms with E-state index < -0.39 is 0 Å². The smallest absolute Gasteiger partial charge is 0.191 e. The van der Waals surface area contributed by atoms with Gasteiger partial charge in [0.15, 0.2) is 5.96 Å². The molecule has 0 amide bonds. The van der Waals surface area contributed by atoms with Crippen LogP contribution >= 0.6 is 11.3 Å². The van der Waals surface area contributed by atoms with Crippen LogP contribution in [0.5, 0.6) is 0 Å².